The van der Waals surface area contributed by atoms with Crippen molar-refractivity contribution in [2.24, 2.45) is 5.92 Å². The summed E-state index contributed by atoms with van der Waals surface area (Å²) in [5.41, 5.74) is 0. The SMILES string of the molecule is CNCc1nnc(NCCOCCC(C)C)o1. The largest absolute Gasteiger partial charge is 0.407 e. The summed E-state index contributed by atoms with van der Waals surface area (Å²) in [5, 5.41) is 13.7. The molecular formula is C11H22N4O2. The van der Waals surface area contributed by atoms with Gasteiger partial charge in [-0.25, -0.2) is 0 Å². The Morgan fingerprint density at radius 2 is 2.12 bits per heavy atom. The Labute approximate surface area is 102 Å². The van der Waals surface area contributed by atoms with Crippen LogP contribution in [0.1, 0.15) is 26.2 Å². The number of nitrogens with one attached hydrogen (secondary N) is 2. The van der Waals surface area contributed by atoms with E-state index in [9.17, 15) is 0 Å². The van der Waals surface area contributed by atoms with E-state index in [4.69, 9.17) is 9.15 Å². The highest BCUT2D eigenvalue weighted by Crippen LogP contribution is 2.04. The Morgan fingerprint density at radius 3 is 2.82 bits per heavy atom. The predicted octanol–water partition coefficient (Wildman–Crippen LogP) is 1.26. The van der Waals surface area contributed by atoms with Crippen molar-refractivity contribution < 1.29 is 9.15 Å². The lowest BCUT2D eigenvalue weighted by molar-refractivity contribution is 0.132. The summed E-state index contributed by atoms with van der Waals surface area (Å²) in [4.78, 5) is 0. The molecular weight excluding hydrogens is 220 g/mol. The molecule has 98 valence electrons. The van der Waals surface area contributed by atoms with Crippen LogP contribution in [0.5, 0.6) is 0 Å². The van der Waals surface area contributed by atoms with Crippen molar-refractivity contribution in [3.05, 3.63) is 5.89 Å². The number of aromatic nitrogens is 2. The van der Waals surface area contributed by atoms with Crippen molar-refractivity contribution in [1.82, 2.24) is 15.5 Å². The van der Waals surface area contributed by atoms with Crippen LogP contribution in [0, 0.1) is 5.92 Å². The zero-order valence-electron chi connectivity index (χ0n) is 10.8. The summed E-state index contributed by atoms with van der Waals surface area (Å²) in [7, 11) is 1.83. The van der Waals surface area contributed by atoms with Gasteiger partial charge in [-0.05, 0) is 19.4 Å². The highest BCUT2D eigenvalue weighted by Gasteiger charge is 2.03. The molecule has 0 aliphatic heterocycles. The van der Waals surface area contributed by atoms with Gasteiger partial charge in [-0.3, -0.25) is 0 Å². The van der Waals surface area contributed by atoms with Gasteiger partial charge in [-0.2, -0.15) is 0 Å². The molecule has 1 aromatic heterocycles. The summed E-state index contributed by atoms with van der Waals surface area (Å²) < 4.78 is 10.8. The Hall–Kier alpha value is -1.14. The van der Waals surface area contributed by atoms with Crippen LogP contribution in [0.2, 0.25) is 0 Å². The Morgan fingerprint density at radius 1 is 1.29 bits per heavy atom. The van der Waals surface area contributed by atoms with E-state index in [0.29, 0.717) is 37.5 Å². The second-order valence-corrected chi connectivity index (χ2v) is 4.25. The first-order valence-electron chi connectivity index (χ1n) is 6.01. The number of rotatable bonds is 9. The van der Waals surface area contributed by atoms with Crippen LogP contribution in [0.15, 0.2) is 4.42 Å². The third-order valence-corrected chi connectivity index (χ3v) is 2.16. The zero-order chi connectivity index (χ0) is 12.5. The van der Waals surface area contributed by atoms with Crippen LogP contribution >= 0.6 is 0 Å². The van der Waals surface area contributed by atoms with Gasteiger partial charge in [0.2, 0.25) is 5.89 Å². The molecule has 1 rings (SSSR count). The Balaban J connectivity index is 2.05. The Bertz CT molecular complexity index is 301. The monoisotopic (exact) mass is 242 g/mol. The first kappa shape index (κ1) is 13.9. The summed E-state index contributed by atoms with van der Waals surface area (Å²) >= 11 is 0. The van der Waals surface area contributed by atoms with Crippen LogP contribution < -0.4 is 10.6 Å². The number of anilines is 1. The third kappa shape index (κ3) is 6.23. The van der Waals surface area contributed by atoms with Gasteiger partial charge >= 0.3 is 6.01 Å². The molecule has 0 atom stereocenters. The maximum Gasteiger partial charge on any atom is 0.315 e. The molecule has 1 aromatic rings. The van der Waals surface area contributed by atoms with Crippen molar-refractivity contribution in [2.75, 3.05) is 32.1 Å². The second-order valence-electron chi connectivity index (χ2n) is 4.25. The normalized spacial score (nSPS) is 11.1. The number of hydrogen-bond acceptors (Lipinski definition) is 6. The second kappa shape index (κ2) is 8.03. The van der Waals surface area contributed by atoms with Gasteiger partial charge in [0.15, 0.2) is 0 Å². The minimum absolute atomic E-state index is 0.447. The summed E-state index contributed by atoms with van der Waals surface area (Å²) in [5.74, 6) is 1.26. The third-order valence-electron chi connectivity index (χ3n) is 2.16. The zero-order valence-corrected chi connectivity index (χ0v) is 10.8. The average Bonchev–Trinajstić information content (AvgIpc) is 2.71. The highest BCUT2D eigenvalue weighted by atomic mass is 16.5. The fourth-order valence-corrected chi connectivity index (χ4v) is 1.20. The fourth-order valence-electron chi connectivity index (χ4n) is 1.20. The number of nitrogens with zero attached hydrogens (tertiary/aromatic N) is 2. The highest BCUT2D eigenvalue weighted by molar-refractivity contribution is 5.16. The van der Waals surface area contributed by atoms with Crippen LogP contribution in [-0.2, 0) is 11.3 Å². The molecule has 17 heavy (non-hydrogen) atoms. The lowest BCUT2D eigenvalue weighted by Gasteiger charge is -2.06. The Kier molecular flexibility index (Phi) is 6.57. The molecule has 0 amide bonds. The summed E-state index contributed by atoms with van der Waals surface area (Å²) in [6.07, 6.45) is 1.09. The molecule has 0 bridgehead atoms. The smallest absolute Gasteiger partial charge is 0.315 e. The summed E-state index contributed by atoms with van der Waals surface area (Å²) in [6, 6.07) is 0.447. The van der Waals surface area contributed by atoms with Gasteiger partial charge in [-0.1, -0.05) is 18.9 Å². The maximum absolute atomic E-state index is 5.46. The standard InChI is InChI=1S/C11H22N4O2/c1-9(2)4-6-16-7-5-13-11-15-14-10(17-11)8-12-3/h9,12H,4-8H2,1-3H3,(H,13,15). The molecule has 0 aliphatic carbocycles. The fraction of sp³-hybridized carbons (Fsp3) is 0.818. The van der Waals surface area contributed by atoms with Crippen LogP contribution in [-0.4, -0.2) is 37.0 Å². The predicted molar refractivity (Wildman–Crippen MR) is 65.8 cm³/mol. The van der Waals surface area contributed by atoms with E-state index >= 15 is 0 Å². The molecule has 1 heterocycles. The molecule has 0 saturated heterocycles. The molecule has 2 N–H and O–H groups in total. The van der Waals surface area contributed by atoms with Crippen LogP contribution in [0.3, 0.4) is 0 Å². The minimum Gasteiger partial charge on any atom is -0.407 e. The van der Waals surface area contributed by atoms with E-state index in [2.05, 4.69) is 34.7 Å². The van der Waals surface area contributed by atoms with Crippen molar-refractivity contribution in [1.29, 1.82) is 0 Å². The number of ether oxygens (including phenoxy) is 1. The van der Waals surface area contributed by atoms with Crippen molar-refractivity contribution in [3.8, 4) is 0 Å². The summed E-state index contributed by atoms with van der Waals surface area (Å²) in [6.45, 7) is 7.08. The van der Waals surface area contributed by atoms with Gasteiger partial charge < -0.3 is 19.8 Å². The van der Waals surface area contributed by atoms with Crippen LogP contribution in [0.4, 0.5) is 6.01 Å². The van der Waals surface area contributed by atoms with Crippen molar-refractivity contribution in [3.63, 3.8) is 0 Å². The van der Waals surface area contributed by atoms with E-state index in [1.54, 1.807) is 0 Å². The van der Waals surface area contributed by atoms with E-state index in [0.717, 1.165) is 13.0 Å². The van der Waals surface area contributed by atoms with Crippen molar-refractivity contribution >= 4 is 6.01 Å². The molecule has 0 fully saturated rings. The van der Waals surface area contributed by atoms with E-state index in [-0.39, 0.29) is 0 Å². The molecule has 6 heteroatoms. The first-order valence-corrected chi connectivity index (χ1v) is 6.01. The molecule has 0 radical (unpaired) electrons. The van der Waals surface area contributed by atoms with E-state index in [1.165, 1.54) is 0 Å². The number of hydrogen-bond donors (Lipinski definition) is 2. The topological polar surface area (TPSA) is 72.2 Å². The molecule has 0 saturated carbocycles. The minimum atomic E-state index is 0.447. The lowest BCUT2D eigenvalue weighted by atomic mass is 10.1. The molecule has 0 aromatic carbocycles. The maximum atomic E-state index is 5.46. The van der Waals surface area contributed by atoms with E-state index < -0.39 is 0 Å². The molecule has 0 unspecified atom stereocenters. The van der Waals surface area contributed by atoms with Gasteiger partial charge in [0, 0.05) is 13.2 Å². The lowest BCUT2D eigenvalue weighted by Crippen LogP contribution is -2.11. The van der Waals surface area contributed by atoms with Crippen molar-refractivity contribution in [2.45, 2.75) is 26.8 Å². The average molecular weight is 242 g/mol. The van der Waals surface area contributed by atoms with Gasteiger partial charge in [0.05, 0.1) is 13.2 Å². The molecule has 0 spiro atoms. The quantitative estimate of drug-likeness (QED) is 0.635. The molecule has 0 aliphatic rings. The van der Waals surface area contributed by atoms with Crippen LogP contribution in [0.25, 0.3) is 0 Å². The van der Waals surface area contributed by atoms with Gasteiger partial charge in [-0.15, -0.1) is 5.10 Å². The first-order chi connectivity index (χ1) is 8.22. The van der Waals surface area contributed by atoms with E-state index in [1.807, 2.05) is 7.05 Å². The van der Waals surface area contributed by atoms with Gasteiger partial charge in [0.1, 0.15) is 0 Å². The van der Waals surface area contributed by atoms with Gasteiger partial charge in [0.25, 0.3) is 0 Å². The molecule has 6 nitrogen and oxygen atoms in total.